The number of thiophene rings is 1. The molecular formula is C12H20BNO2S. The van der Waals surface area contributed by atoms with E-state index in [1.165, 1.54) is 12.8 Å². The Kier molecular flexibility index (Phi) is 5.51. The molecule has 5 heteroatoms. The van der Waals surface area contributed by atoms with Crippen molar-refractivity contribution in [2.24, 2.45) is 0 Å². The van der Waals surface area contributed by atoms with Gasteiger partial charge in [-0.15, -0.1) is 0 Å². The van der Waals surface area contributed by atoms with Crippen molar-refractivity contribution in [3.05, 3.63) is 16.8 Å². The fourth-order valence-electron chi connectivity index (χ4n) is 1.94. The summed E-state index contributed by atoms with van der Waals surface area (Å²) in [6, 6.07) is 2.08. The van der Waals surface area contributed by atoms with Crippen molar-refractivity contribution in [2.45, 2.75) is 19.8 Å². The van der Waals surface area contributed by atoms with Crippen LogP contribution in [-0.2, 0) is 9.31 Å². The first-order chi connectivity index (χ1) is 8.40. The normalized spacial score (nSPS) is 19.0. The molecule has 0 aliphatic carbocycles. The zero-order valence-corrected chi connectivity index (χ0v) is 11.2. The Labute approximate surface area is 108 Å². The summed E-state index contributed by atoms with van der Waals surface area (Å²) in [5, 5.41) is 4.16. The van der Waals surface area contributed by atoms with E-state index in [-0.39, 0.29) is 7.12 Å². The molecule has 17 heavy (non-hydrogen) atoms. The van der Waals surface area contributed by atoms with Crippen LogP contribution in [0.3, 0.4) is 0 Å². The van der Waals surface area contributed by atoms with Crippen LogP contribution in [0, 0.1) is 0 Å². The summed E-state index contributed by atoms with van der Waals surface area (Å²) in [6.07, 6.45) is 2.50. The van der Waals surface area contributed by atoms with E-state index < -0.39 is 0 Å². The molecule has 1 aromatic heterocycles. The molecule has 0 atom stereocenters. The van der Waals surface area contributed by atoms with Crippen LogP contribution < -0.4 is 5.46 Å². The molecule has 0 bridgehead atoms. The first-order valence-corrected chi connectivity index (χ1v) is 7.32. The van der Waals surface area contributed by atoms with Crippen LogP contribution in [-0.4, -0.2) is 44.9 Å². The fraction of sp³-hybridized carbons (Fsp3) is 0.667. The van der Waals surface area contributed by atoms with E-state index in [0.717, 1.165) is 38.3 Å². The van der Waals surface area contributed by atoms with Gasteiger partial charge in [-0.05, 0) is 29.2 Å². The van der Waals surface area contributed by atoms with Gasteiger partial charge in [0.15, 0.2) is 0 Å². The van der Waals surface area contributed by atoms with Gasteiger partial charge in [0.25, 0.3) is 0 Å². The second kappa shape index (κ2) is 7.16. The predicted molar refractivity (Wildman–Crippen MR) is 73.0 cm³/mol. The highest BCUT2D eigenvalue weighted by Crippen LogP contribution is 2.03. The van der Waals surface area contributed by atoms with Crippen LogP contribution in [0.25, 0.3) is 0 Å². The Hall–Kier alpha value is -0.355. The molecule has 94 valence electrons. The first kappa shape index (κ1) is 13.1. The molecule has 1 aliphatic heterocycles. The van der Waals surface area contributed by atoms with Crippen LogP contribution in [0.5, 0.6) is 0 Å². The smallest absolute Gasteiger partial charge is 0.406 e. The van der Waals surface area contributed by atoms with E-state index in [1.807, 2.05) is 0 Å². The van der Waals surface area contributed by atoms with Gasteiger partial charge in [-0.1, -0.05) is 19.4 Å². The van der Waals surface area contributed by atoms with Gasteiger partial charge in [0, 0.05) is 26.3 Å². The van der Waals surface area contributed by atoms with E-state index in [1.54, 1.807) is 11.3 Å². The molecule has 0 N–H and O–H groups in total. The average molecular weight is 253 g/mol. The van der Waals surface area contributed by atoms with Gasteiger partial charge in [0.2, 0.25) is 0 Å². The van der Waals surface area contributed by atoms with Gasteiger partial charge >= 0.3 is 7.12 Å². The largest absolute Gasteiger partial charge is 0.494 e. The van der Waals surface area contributed by atoms with Crippen molar-refractivity contribution in [1.82, 2.24) is 4.90 Å². The van der Waals surface area contributed by atoms with Gasteiger partial charge in [-0.25, -0.2) is 0 Å². The van der Waals surface area contributed by atoms with Gasteiger partial charge < -0.3 is 9.31 Å². The lowest BCUT2D eigenvalue weighted by molar-refractivity contribution is 0.116. The van der Waals surface area contributed by atoms with Crippen LogP contribution >= 0.6 is 11.3 Å². The summed E-state index contributed by atoms with van der Waals surface area (Å²) in [5.41, 5.74) is 1.15. The van der Waals surface area contributed by atoms with Crippen LogP contribution in [0.4, 0.5) is 0 Å². The van der Waals surface area contributed by atoms with E-state index >= 15 is 0 Å². The van der Waals surface area contributed by atoms with Crippen LogP contribution in [0.1, 0.15) is 19.8 Å². The molecule has 2 heterocycles. The van der Waals surface area contributed by atoms with Crippen LogP contribution in [0.2, 0.25) is 0 Å². The molecule has 0 unspecified atom stereocenters. The maximum atomic E-state index is 5.78. The number of nitrogens with zero attached hydrogens (tertiary/aromatic N) is 1. The highest BCUT2D eigenvalue weighted by molar-refractivity contribution is 7.09. The third kappa shape index (κ3) is 4.10. The Morgan fingerprint density at radius 2 is 2.12 bits per heavy atom. The summed E-state index contributed by atoms with van der Waals surface area (Å²) >= 11 is 1.69. The third-order valence-corrected chi connectivity index (χ3v) is 3.70. The molecular weight excluding hydrogens is 233 g/mol. The van der Waals surface area contributed by atoms with E-state index in [2.05, 4.69) is 28.7 Å². The number of unbranched alkanes of at least 4 members (excludes halogenated alkanes) is 1. The molecule has 1 saturated heterocycles. The summed E-state index contributed by atoms with van der Waals surface area (Å²) in [5.74, 6) is 0. The van der Waals surface area contributed by atoms with Crippen molar-refractivity contribution in [2.75, 3.05) is 32.8 Å². The Bertz CT molecular complexity index is 297. The Balaban J connectivity index is 1.79. The summed E-state index contributed by atoms with van der Waals surface area (Å²) < 4.78 is 11.6. The molecule has 0 spiro atoms. The number of hydrogen-bond donors (Lipinski definition) is 0. The quantitative estimate of drug-likeness (QED) is 0.761. The minimum atomic E-state index is -0.158. The highest BCUT2D eigenvalue weighted by atomic mass is 32.1. The van der Waals surface area contributed by atoms with Gasteiger partial charge in [-0.3, -0.25) is 4.90 Å². The third-order valence-electron chi connectivity index (χ3n) is 3.00. The molecule has 0 aromatic carbocycles. The predicted octanol–water partition coefficient (Wildman–Crippen LogP) is 1.59. The van der Waals surface area contributed by atoms with Crippen LogP contribution in [0.15, 0.2) is 16.8 Å². The van der Waals surface area contributed by atoms with Crippen molar-refractivity contribution >= 4 is 23.9 Å². The van der Waals surface area contributed by atoms with Gasteiger partial charge in [0.1, 0.15) is 0 Å². The van der Waals surface area contributed by atoms with Crippen molar-refractivity contribution in [3.63, 3.8) is 0 Å². The standard InChI is InChI=1S/C12H20BNO2S/c1-2-3-5-14-6-8-15-13(16-9-7-14)12-4-10-17-11-12/h4,10-11H,2-3,5-9H2,1H3. The molecule has 1 fully saturated rings. The second-order valence-corrected chi connectivity index (χ2v) is 5.11. The number of hydrogen-bond acceptors (Lipinski definition) is 4. The first-order valence-electron chi connectivity index (χ1n) is 6.38. The van der Waals surface area contributed by atoms with Crippen molar-refractivity contribution < 1.29 is 9.31 Å². The molecule has 2 rings (SSSR count). The van der Waals surface area contributed by atoms with Crippen molar-refractivity contribution in [3.8, 4) is 0 Å². The SMILES string of the molecule is CCCCN1CCOB(c2ccsc2)OCC1. The van der Waals surface area contributed by atoms with E-state index in [9.17, 15) is 0 Å². The lowest BCUT2D eigenvalue weighted by Gasteiger charge is -2.26. The van der Waals surface area contributed by atoms with Gasteiger partial charge in [-0.2, -0.15) is 11.3 Å². The molecule has 1 aromatic rings. The number of rotatable bonds is 4. The van der Waals surface area contributed by atoms with Gasteiger partial charge in [0.05, 0.1) is 0 Å². The van der Waals surface area contributed by atoms with E-state index in [0.29, 0.717) is 0 Å². The average Bonchev–Trinajstić information content (AvgIpc) is 2.81. The molecule has 0 radical (unpaired) electrons. The Morgan fingerprint density at radius 3 is 2.71 bits per heavy atom. The zero-order chi connectivity index (χ0) is 11.9. The minimum absolute atomic E-state index is 0.158. The maximum Gasteiger partial charge on any atom is 0.494 e. The topological polar surface area (TPSA) is 21.7 Å². The summed E-state index contributed by atoms with van der Waals surface area (Å²) in [4.78, 5) is 2.42. The van der Waals surface area contributed by atoms with Crippen molar-refractivity contribution in [1.29, 1.82) is 0 Å². The molecule has 3 nitrogen and oxygen atoms in total. The lowest BCUT2D eigenvalue weighted by atomic mass is 9.81. The molecule has 1 aliphatic rings. The molecule has 0 amide bonds. The summed E-state index contributed by atoms with van der Waals surface area (Å²) in [7, 11) is -0.158. The van der Waals surface area contributed by atoms with E-state index in [4.69, 9.17) is 9.31 Å². The highest BCUT2D eigenvalue weighted by Gasteiger charge is 2.24. The Morgan fingerprint density at radius 1 is 1.35 bits per heavy atom. The second-order valence-electron chi connectivity index (χ2n) is 4.33. The lowest BCUT2D eigenvalue weighted by Crippen LogP contribution is -2.44. The minimum Gasteiger partial charge on any atom is -0.406 e. The fourth-order valence-corrected chi connectivity index (χ4v) is 2.61. The zero-order valence-electron chi connectivity index (χ0n) is 10.4. The monoisotopic (exact) mass is 253 g/mol. The molecule has 0 saturated carbocycles. The summed E-state index contributed by atoms with van der Waals surface area (Å²) in [6.45, 7) is 6.93. The maximum absolute atomic E-state index is 5.78.